The number of guanidine groups is 1. The fraction of sp³-hybridized carbons (Fsp3) is 0.235. The smallest absolute Gasteiger partial charge is 0.193 e. The van der Waals surface area contributed by atoms with Crippen LogP contribution in [0.25, 0.3) is 0 Å². The van der Waals surface area contributed by atoms with E-state index in [0.717, 1.165) is 18.2 Å². The number of nitrogens with two attached hydrogens (primary N) is 1. The van der Waals surface area contributed by atoms with Crippen LogP contribution >= 0.6 is 24.0 Å². The molecule has 0 aliphatic heterocycles. The Morgan fingerprint density at radius 1 is 1.04 bits per heavy atom. The molecule has 0 bridgehead atoms. The zero-order chi connectivity index (χ0) is 15.9. The third-order valence-corrected chi connectivity index (χ3v) is 3.24. The maximum absolute atomic E-state index is 13.1. The number of aryl methyl sites for hydroxylation is 1. The first-order chi connectivity index (χ1) is 10.6. The van der Waals surface area contributed by atoms with Crippen molar-refractivity contribution in [2.24, 2.45) is 10.7 Å². The Hall–Kier alpha value is -1.70. The Balaban J connectivity index is 0.00000264. The number of hydrogen-bond donors (Lipinski definition) is 2. The van der Waals surface area contributed by atoms with Gasteiger partial charge in [-0.2, -0.15) is 0 Å². The van der Waals surface area contributed by atoms with E-state index >= 15 is 0 Å². The molecule has 124 valence electrons. The minimum absolute atomic E-state index is 0. The van der Waals surface area contributed by atoms with Crippen molar-refractivity contribution in [2.75, 3.05) is 11.9 Å². The number of benzene rings is 2. The molecule has 2 rings (SSSR count). The Bertz CT molecular complexity index is 637. The Morgan fingerprint density at radius 2 is 1.65 bits per heavy atom. The second-order valence-electron chi connectivity index (χ2n) is 4.97. The average Bonchev–Trinajstić information content (AvgIpc) is 2.47. The van der Waals surface area contributed by atoms with E-state index in [0.29, 0.717) is 18.5 Å². The summed E-state index contributed by atoms with van der Waals surface area (Å²) in [6.45, 7) is 2.45. The minimum Gasteiger partial charge on any atom is -0.370 e. The summed E-state index contributed by atoms with van der Waals surface area (Å²) in [5.41, 5.74) is 8.45. The molecule has 2 aromatic carbocycles. The summed E-state index contributed by atoms with van der Waals surface area (Å²) in [6.07, 6.45) is 1.40. The van der Waals surface area contributed by atoms with Crippen molar-refractivity contribution in [3.63, 3.8) is 0 Å². The van der Waals surface area contributed by atoms with Crippen LogP contribution in [0.15, 0.2) is 47.5 Å². The van der Waals surface area contributed by atoms with Crippen LogP contribution in [0.1, 0.15) is 18.1 Å². The zero-order valence-electron chi connectivity index (χ0n) is 12.9. The van der Waals surface area contributed by atoms with Gasteiger partial charge in [-0.1, -0.05) is 19.1 Å². The molecular weight excluding hydrogens is 411 g/mol. The molecule has 0 spiro atoms. The van der Waals surface area contributed by atoms with Crippen LogP contribution in [0.5, 0.6) is 0 Å². The molecule has 0 saturated carbocycles. The summed E-state index contributed by atoms with van der Waals surface area (Å²) >= 11 is 0. The molecule has 0 heterocycles. The largest absolute Gasteiger partial charge is 0.370 e. The van der Waals surface area contributed by atoms with Crippen LogP contribution in [0.4, 0.5) is 14.5 Å². The van der Waals surface area contributed by atoms with Gasteiger partial charge in [0.2, 0.25) is 0 Å². The first-order valence-corrected chi connectivity index (χ1v) is 7.17. The van der Waals surface area contributed by atoms with E-state index in [1.165, 1.54) is 17.7 Å². The predicted octanol–water partition coefficient (Wildman–Crippen LogP) is 4.11. The minimum atomic E-state index is -0.582. The highest BCUT2D eigenvalue weighted by Gasteiger charge is 2.01. The summed E-state index contributed by atoms with van der Waals surface area (Å²) in [5.74, 6) is -0.886. The number of aliphatic imine (C=N–C) groups is 1. The lowest BCUT2D eigenvalue weighted by Gasteiger charge is -2.06. The van der Waals surface area contributed by atoms with E-state index in [4.69, 9.17) is 5.73 Å². The Morgan fingerprint density at radius 3 is 2.22 bits per heavy atom. The Kier molecular flexibility index (Phi) is 7.94. The van der Waals surface area contributed by atoms with Crippen LogP contribution in [0.2, 0.25) is 0 Å². The summed E-state index contributed by atoms with van der Waals surface area (Å²) in [7, 11) is 0. The van der Waals surface area contributed by atoms with E-state index in [9.17, 15) is 8.78 Å². The molecule has 0 aliphatic rings. The van der Waals surface area contributed by atoms with Crippen LogP contribution in [-0.2, 0) is 12.8 Å². The summed E-state index contributed by atoms with van der Waals surface area (Å²) < 4.78 is 26.1. The molecule has 6 heteroatoms. The standard InChI is InChI=1S/C17H19F2N3.HI/c1-2-12-3-5-16(6-4-12)22-17(20)21-8-7-13-9-14(18)11-15(19)10-13;/h3-6,9-11H,2,7-8H2,1H3,(H3,20,21,22);1H. The lowest BCUT2D eigenvalue weighted by atomic mass is 10.1. The van der Waals surface area contributed by atoms with Gasteiger partial charge in [-0.25, -0.2) is 8.78 Å². The van der Waals surface area contributed by atoms with Crippen molar-refractivity contribution >= 4 is 35.6 Å². The number of nitrogens with one attached hydrogen (secondary N) is 1. The number of rotatable bonds is 5. The highest BCUT2D eigenvalue weighted by Crippen LogP contribution is 2.10. The molecular formula is C17H20F2IN3. The molecule has 0 saturated heterocycles. The second-order valence-corrected chi connectivity index (χ2v) is 4.97. The SMILES string of the molecule is CCc1ccc(NC(N)=NCCc2cc(F)cc(F)c2)cc1.I. The quantitative estimate of drug-likeness (QED) is 0.425. The summed E-state index contributed by atoms with van der Waals surface area (Å²) in [5, 5.41) is 2.98. The fourth-order valence-electron chi connectivity index (χ4n) is 2.07. The van der Waals surface area contributed by atoms with Crippen molar-refractivity contribution in [1.29, 1.82) is 0 Å². The number of anilines is 1. The molecule has 2 aromatic rings. The van der Waals surface area contributed by atoms with Crippen molar-refractivity contribution < 1.29 is 8.78 Å². The molecule has 3 nitrogen and oxygen atoms in total. The highest BCUT2D eigenvalue weighted by atomic mass is 127. The van der Waals surface area contributed by atoms with Gasteiger partial charge in [-0.05, 0) is 48.2 Å². The van der Waals surface area contributed by atoms with Crippen LogP contribution in [0.3, 0.4) is 0 Å². The third kappa shape index (κ3) is 6.52. The molecule has 0 amide bonds. The predicted molar refractivity (Wildman–Crippen MR) is 101 cm³/mol. The van der Waals surface area contributed by atoms with Gasteiger partial charge in [0.15, 0.2) is 5.96 Å². The van der Waals surface area contributed by atoms with E-state index in [2.05, 4.69) is 17.2 Å². The second kappa shape index (κ2) is 9.44. The summed E-state index contributed by atoms with van der Waals surface area (Å²) in [6, 6.07) is 11.3. The van der Waals surface area contributed by atoms with Gasteiger partial charge in [-0.15, -0.1) is 24.0 Å². The van der Waals surface area contributed by atoms with Crippen LogP contribution < -0.4 is 11.1 Å². The third-order valence-electron chi connectivity index (χ3n) is 3.24. The average molecular weight is 431 g/mol. The van der Waals surface area contributed by atoms with Gasteiger partial charge < -0.3 is 11.1 Å². The topological polar surface area (TPSA) is 50.4 Å². The van der Waals surface area contributed by atoms with Crippen LogP contribution in [-0.4, -0.2) is 12.5 Å². The Labute approximate surface area is 152 Å². The van der Waals surface area contributed by atoms with Gasteiger partial charge in [-0.3, -0.25) is 4.99 Å². The number of nitrogens with zero attached hydrogens (tertiary/aromatic N) is 1. The van der Waals surface area contributed by atoms with E-state index in [1.54, 1.807) is 0 Å². The van der Waals surface area contributed by atoms with Crippen molar-refractivity contribution in [1.82, 2.24) is 0 Å². The van der Waals surface area contributed by atoms with Gasteiger partial charge in [0, 0.05) is 18.3 Å². The van der Waals surface area contributed by atoms with E-state index in [-0.39, 0.29) is 29.9 Å². The molecule has 0 fully saturated rings. The lowest BCUT2D eigenvalue weighted by molar-refractivity contribution is 0.579. The maximum atomic E-state index is 13.1. The normalized spacial score (nSPS) is 11.0. The van der Waals surface area contributed by atoms with Crippen molar-refractivity contribution in [3.05, 3.63) is 65.2 Å². The maximum Gasteiger partial charge on any atom is 0.193 e. The molecule has 0 aromatic heterocycles. The monoisotopic (exact) mass is 431 g/mol. The molecule has 3 N–H and O–H groups in total. The summed E-state index contributed by atoms with van der Waals surface area (Å²) in [4.78, 5) is 4.16. The molecule has 0 atom stereocenters. The molecule has 0 radical (unpaired) electrons. The van der Waals surface area contributed by atoms with Gasteiger partial charge in [0.25, 0.3) is 0 Å². The van der Waals surface area contributed by atoms with Crippen molar-refractivity contribution in [3.8, 4) is 0 Å². The van der Waals surface area contributed by atoms with E-state index < -0.39 is 11.6 Å². The van der Waals surface area contributed by atoms with Gasteiger partial charge >= 0.3 is 0 Å². The van der Waals surface area contributed by atoms with Crippen LogP contribution in [0, 0.1) is 11.6 Å². The molecule has 0 aliphatic carbocycles. The van der Waals surface area contributed by atoms with Gasteiger partial charge in [0.05, 0.1) is 0 Å². The number of hydrogen-bond acceptors (Lipinski definition) is 1. The lowest BCUT2D eigenvalue weighted by Crippen LogP contribution is -2.23. The zero-order valence-corrected chi connectivity index (χ0v) is 15.2. The first kappa shape index (κ1) is 19.3. The highest BCUT2D eigenvalue weighted by molar-refractivity contribution is 14.0. The van der Waals surface area contributed by atoms with Crippen molar-refractivity contribution in [2.45, 2.75) is 19.8 Å². The molecule has 23 heavy (non-hydrogen) atoms. The van der Waals surface area contributed by atoms with E-state index in [1.807, 2.05) is 24.3 Å². The van der Waals surface area contributed by atoms with Gasteiger partial charge in [0.1, 0.15) is 11.6 Å². The number of halogens is 3. The first-order valence-electron chi connectivity index (χ1n) is 7.17. The molecule has 0 unspecified atom stereocenters. The fourth-order valence-corrected chi connectivity index (χ4v) is 2.07.